The van der Waals surface area contributed by atoms with Gasteiger partial charge in [0.2, 0.25) is 0 Å². The van der Waals surface area contributed by atoms with Crippen molar-refractivity contribution in [1.82, 2.24) is 15.0 Å². The minimum atomic E-state index is -0.0270. The lowest BCUT2D eigenvalue weighted by Gasteiger charge is -2.42. The quantitative estimate of drug-likeness (QED) is 0.640. The summed E-state index contributed by atoms with van der Waals surface area (Å²) in [6.45, 7) is 6.63. The fraction of sp³-hybridized carbons (Fsp3) is 0.360. The van der Waals surface area contributed by atoms with E-state index in [0.29, 0.717) is 11.7 Å². The Bertz CT molecular complexity index is 1260. The Balaban J connectivity index is 1.16. The van der Waals surface area contributed by atoms with Crippen LogP contribution in [0.25, 0.3) is 5.57 Å². The van der Waals surface area contributed by atoms with Crippen LogP contribution in [-0.4, -0.2) is 40.9 Å². The lowest BCUT2D eigenvalue weighted by molar-refractivity contribution is 0.185. The van der Waals surface area contributed by atoms with Crippen LogP contribution >= 0.6 is 11.3 Å². The summed E-state index contributed by atoms with van der Waals surface area (Å²) in [6.07, 6.45) is 4.91. The highest BCUT2D eigenvalue weighted by Gasteiger charge is 2.48. The number of piperidine rings is 1. The number of aliphatic imine (C=N–C) groups is 1. The smallest absolute Gasteiger partial charge is 0.273 e. The number of benzene rings is 1. The van der Waals surface area contributed by atoms with Gasteiger partial charge in [0.1, 0.15) is 11.5 Å². The molecule has 3 aliphatic rings. The molecule has 0 unspecified atom stereocenters. The second kappa shape index (κ2) is 7.74. The first-order chi connectivity index (χ1) is 16.1. The molecule has 7 nitrogen and oxygen atoms in total. The van der Waals surface area contributed by atoms with E-state index in [1.807, 2.05) is 36.5 Å². The zero-order valence-electron chi connectivity index (χ0n) is 18.6. The van der Waals surface area contributed by atoms with E-state index in [0.717, 1.165) is 72.1 Å². The molecule has 168 valence electrons. The molecule has 0 amide bonds. The lowest BCUT2D eigenvalue weighted by atomic mass is 9.73. The Hall–Kier alpha value is -3.10. The number of hydrogen-bond donors (Lipinski definition) is 1. The van der Waals surface area contributed by atoms with Gasteiger partial charge < -0.3 is 15.4 Å². The summed E-state index contributed by atoms with van der Waals surface area (Å²) >= 11 is 1.64. The topological polar surface area (TPSA) is 89.5 Å². The zero-order chi connectivity index (χ0) is 22.6. The summed E-state index contributed by atoms with van der Waals surface area (Å²) in [5.41, 5.74) is 12.4. The highest BCUT2D eigenvalue weighted by Crippen LogP contribution is 2.53. The first kappa shape index (κ1) is 20.5. The van der Waals surface area contributed by atoms with Gasteiger partial charge >= 0.3 is 0 Å². The molecule has 3 aromatic rings. The number of fused-ring (bicyclic) bond motifs is 2. The molecular weight excluding hydrogens is 432 g/mol. The number of allylic oxidation sites excluding steroid dienone is 1. The molecule has 6 rings (SSSR count). The fourth-order valence-electron chi connectivity index (χ4n) is 5.31. The Kier molecular flexibility index (Phi) is 4.81. The molecule has 4 heterocycles. The Morgan fingerprint density at radius 3 is 2.73 bits per heavy atom. The standard InChI is InChI=1S/C25H26N6OS/c1-15(16-6-4-3-5-7-16)20-21-17(13-27-20)29-19(14-28-21)31-10-8-25(9-11-31)12-18-22(23(25)26)30-24(32-2)33-18/h3-7,14,23H,1,8-13,26H2,2H3/t23-/m1/s1. The van der Waals surface area contributed by atoms with E-state index in [1.165, 1.54) is 4.88 Å². The Labute approximate surface area is 197 Å². The van der Waals surface area contributed by atoms with Crippen molar-refractivity contribution >= 4 is 28.4 Å². The molecule has 0 radical (unpaired) electrons. The van der Waals surface area contributed by atoms with E-state index in [4.69, 9.17) is 25.4 Å². The first-order valence-electron chi connectivity index (χ1n) is 11.3. The van der Waals surface area contributed by atoms with Crippen molar-refractivity contribution < 1.29 is 4.74 Å². The average Bonchev–Trinajstić information content (AvgIpc) is 3.53. The predicted octanol–water partition coefficient (Wildman–Crippen LogP) is 3.80. The van der Waals surface area contributed by atoms with Crippen LogP contribution in [0, 0.1) is 5.41 Å². The van der Waals surface area contributed by atoms with Crippen LogP contribution in [0.5, 0.6) is 5.19 Å². The lowest BCUT2D eigenvalue weighted by Crippen LogP contribution is -2.44. The largest absolute Gasteiger partial charge is 0.473 e. The average molecular weight is 459 g/mol. The summed E-state index contributed by atoms with van der Waals surface area (Å²) in [5, 5.41) is 0.715. The molecule has 1 spiro atoms. The highest BCUT2D eigenvalue weighted by atomic mass is 32.1. The van der Waals surface area contributed by atoms with Crippen molar-refractivity contribution in [3.05, 3.63) is 70.6 Å². The number of nitrogens with two attached hydrogens (primary N) is 1. The van der Waals surface area contributed by atoms with Gasteiger partial charge in [-0.05, 0) is 30.2 Å². The number of aromatic nitrogens is 3. The maximum atomic E-state index is 6.69. The molecule has 1 aliphatic carbocycles. The Morgan fingerprint density at radius 1 is 1.21 bits per heavy atom. The number of anilines is 1. The normalized spacial score (nSPS) is 20.5. The van der Waals surface area contributed by atoms with Crippen LogP contribution in [0.4, 0.5) is 5.82 Å². The summed E-state index contributed by atoms with van der Waals surface area (Å²) in [7, 11) is 1.66. The van der Waals surface area contributed by atoms with Gasteiger partial charge in [-0.3, -0.25) is 4.99 Å². The molecule has 0 bridgehead atoms. The van der Waals surface area contributed by atoms with Gasteiger partial charge in [0.25, 0.3) is 5.19 Å². The van der Waals surface area contributed by atoms with E-state index < -0.39 is 0 Å². The summed E-state index contributed by atoms with van der Waals surface area (Å²) < 4.78 is 5.31. The minimum Gasteiger partial charge on any atom is -0.473 e. The number of ether oxygens (including phenoxy) is 1. The third kappa shape index (κ3) is 3.28. The second-order valence-electron chi connectivity index (χ2n) is 9.03. The Morgan fingerprint density at radius 2 is 2.00 bits per heavy atom. The van der Waals surface area contributed by atoms with Crippen molar-refractivity contribution in [3.8, 4) is 5.19 Å². The molecule has 2 aliphatic heterocycles. The van der Waals surface area contributed by atoms with E-state index >= 15 is 0 Å². The SMILES string of the molecule is C=C(C1=NCc2nc(N3CCC4(CC3)Cc3sc(OC)nc3[C@H]4N)cnc21)c1ccccc1. The van der Waals surface area contributed by atoms with E-state index in [2.05, 4.69) is 16.5 Å². The number of nitrogens with zero attached hydrogens (tertiary/aromatic N) is 5. The van der Waals surface area contributed by atoms with Gasteiger partial charge in [0.15, 0.2) is 0 Å². The molecule has 1 aromatic carbocycles. The molecule has 8 heteroatoms. The molecule has 2 aromatic heterocycles. The van der Waals surface area contributed by atoms with Crippen molar-refractivity contribution in [1.29, 1.82) is 0 Å². The fourth-order valence-corrected chi connectivity index (χ4v) is 6.38. The van der Waals surface area contributed by atoms with Crippen LogP contribution in [0.15, 0.2) is 48.1 Å². The first-order valence-corrected chi connectivity index (χ1v) is 12.1. The number of methoxy groups -OCH3 is 1. The summed E-state index contributed by atoms with van der Waals surface area (Å²) in [6, 6.07) is 10.1. The van der Waals surface area contributed by atoms with E-state index in [-0.39, 0.29) is 11.5 Å². The van der Waals surface area contributed by atoms with Crippen molar-refractivity contribution in [2.75, 3.05) is 25.1 Å². The highest BCUT2D eigenvalue weighted by molar-refractivity contribution is 7.13. The van der Waals surface area contributed by atoms with Crippen molar-refractivity contribution in [2.45, 2.75) is 31.8 Å². The molecular formula is C25H26N6OS. The monoisotopic (exact) mass is 458 g/mol. The minimum absolute atomic E-state index is 0.0270. The molecule has 33 heavy (non-hydrogen) atoms. The molecule has 1 atom stereocenters. The third-order valence-electron chi connectivity index (χ3n) is 7.28. The molecule has 1 fully saturated rings. The second-order valence-corrected chi connectivity index (χ2v) is 10.1. The van der Waals surface area contributed by atoms with Crippen LogP contribution < -0.4 is 15.4 Å². The van der Waals surface area contributed by atoms with Gasteiger partial charge in [-0.1, -0.05) is 48.2 Å². The van der Waals surface area contributed by atoms with Gasteiger partial charge in [-0.2, -0.15) is 0 Å². The van der Waals surface area contributed by atoms with Crippen LogP contribution in [-0.2, 0) is 13.0 Å². The zero-order valence-corrected chi connectivity index (χ0v) is 19.4. The van der Waals surface area contributed by atoms with Gasteiger partial charge in [-0.25, -0.2) is 15.0 Å². The number of hydrogen-bond acceptors (Lipinski definition) is 8. The number of thiazole rings is 1. The van der Waals surface area contributed by atoms with Gasteiger partial charge in [0.05, 0.1) is 43.0 Å². The predicted molar refractivity (Wildman–Crippen MR) is 131 cm³/mol. The van der Waals surface area contributed by atoms with Crippen molar-refractivity contribution in [3.63, 3.8) is 0 Å². The van der Waals surface area contributed by atoms with Crippen molar-refractivity contribution in [2.24, 2.45) is 16.1 Å². The summed E-state index contributed by atoms with van der Waals surface area (Å²) in [5.74, 6) is 0.923. The van der Waals surface area contributed by atoms with Crippen LogP contribution in [0.3, 0.4) is 0 Å². The third-order valence-corrected chi connectivity index (χ3v) is 8.32. The maximum absolute atomic E-state index is 6.69. The van der Waals surface area contributed by atoms with E-state index in [9.17, 15) is 0 Å². The van der Waals surface area contributed by atoms with Gasteiger partial charge in [0, 0.05) is 23.5 Å². The summed E-state index contributed by atoms with van der Waals surface area (Å²) in [4.78, 5) is 22.6. The van der Waals surface area contributed by atoms with Crippen LogP contribution in [0.1, 0.15) is 46.4 Å². The van der Waals surface area contributed by atoms with E-state index in [1.54, 1.807) is 18.4 Å². The number of rotatable bonds is 4. The van der Waals surface area contributed by atoms with Crippen LogP contribution in [0.2, 0.25) is 0 Å². The molecule has 1 saturated heterocycles. The van der Waals surface area contributed by atoms with Gasteiger partial charge in [-0.15, -0.1) is 0 Å². The molecule has 0 saturated carbocycles. The molecule has 2 N–H and O–H groups in total. The maximum Gasteiger partial charge on any atom is 0.273 e.